The van der Waals surface area contributed by atoms with Crippen LogP contribution in [0.3, 0.4) is 0 Å². The molecule has 0 aliphatic carbocycles. The van der Waals surface area contributed by atoms with Crippen molar-refractivity contribution >= 4 is 22.2 Å². The zero-order chi connectivity index (χ0) is 19.8. The molecule has 1 amide bonds. The van der Waals surface area contributed by atoms with Gasteiger partial charge < -0.3 is 14.8 Å². The summed E-state index contributed by atoms with van der Waals surface area (Å²) in [4.78, 5) is 17.6. The van der Waals surface area contributed by atoms with Crippen LogP contribution in [-0.4, -0.2) is 33.8 Å². The fraction of sp³-hybridized carbons (Fsp3) is 0.150. The Labute approximate surface area is 168 Å². The van der Waals surface area contributed by atoms with Crippen LogP contribution in [0.2, 0.25) is 0 Å². The Bertz CT molecular complexity index is 1200. The van der Waals surface area contributed by atoms with Crippen molar-refractivity contribution < 1.29 is 18.7 Å². The topological polar surface area (TPSA) is 77.8 Å². The standard InChI is InChI=1S/C20H15FN4O3S/c21-14-4-1-12(2-5-14)18-23-20-25(24-18)15(10-29-20)7-8-22-19(26)13-3-6-16-17(9-13)28-11-27-16/h1-6,9-10H,7-8,11H2,(H,22,26). The summed E-state index contributed by atoms with van der Waals surface area (Å²) in [7, 11) is 0. The second-order valence-corrected chi connectivity index (χ2v) is 7.27. The van der Waals surface area contributed by atoms with Gasteiger partial charge in [-0.1, -0.05) is 0 Å². The zero-order valence-electron chi connectivity index (χ0n) is 15.1. The maximum atomic E-state index is 13.1. The second-order valence-electron chi connectivity index (χ2n) is 6.44. The highest BCUT2D eigenvalue weighted by atomic mass is 32.1. The summed E-state index contributed by atoms with van der Waals surface area (Å²) in [6.45, 7) is 0.622. The smallest absolute Gasteiger partial charge is 0.251 e. The maximum Gasteiger partial charge on any atom is 0.251 e. The molecule has 4 aromatic rings. The number of benzene rings is 2. The molecule has 0 bridgehead atoms. The molecule has 29 heavy (non-hydrogen) atoms. The Kier molecular flexibility index (Phi) is 4.36. The van der Waals surface area contributed by atoms with E-state index in [1.165, 1.54) is 23.5 Å². The summed E-state index contributed by atoms with van der Waals surface area (Å²) >= 11 is 1.47. The van der Waals surface area contributed by atoms with Crippen molar-refractivity contribution in [1.82, 2.24) is 19.9 Å². The second kappa shape index (κ2) is 7.17. The van der Waals surface area contributed by atoms with Crippen molar-refractivity contribution in [2.45, 2.75) is 6.42 Å². The highest BCUT2D eigenvalue weighted by Gasteiger charge is 2.16. The number of amides is 1. The number of aromatic nitrogens is 3. The number of nitrogens with one attached hydrogen (secondary N) is 1. The van der Waals surface area contributed by atoms with Crippen LogP contribution in [0.5, 0.6) is 11.5 Å². The van der Waals surface area contributed by atoms with Crippen molar-refractivity contribution in [3.05, 3.63) is 64.9 Å². The number of carbonyl (C=O) groups excluding carboxylic acids is 1. The van der Waals surface area contributed by atoms with Crippen LogP contribution < -0.4 is 14.8 Å². The molecule has 0 spiro atoms. The van der Waals surface area contributed by atoms with Crippen LogP contribution in [0.15, 0.2) is 47.8 Å². The maximum absolute atomic E-state index is 13.1. The van der Waals surface area contributed by atoms with E-state index in [1.807, 2.05) is 5.38 Å². The highest BCUT2D eigenvalue weighted by molar-refractivity contribution is 7.15. The van der Waals surface area contributed by atoms with Gasteiger partial charge in [-0.05, 0) is 42.5 Å². The van der Waals surface area contributed by atoms with Gasteiger partial charge in [0, 0.05) is 29.5 Å². The number of rotatable bonds is 5. The fourth-order valence-electron chi connectivity index (χ4n) is 3.06. The van der Waals surface area contributed by atoms with E-state index in [9.17, 15) is 9.18 Å². The lowest BCUT2D eigenvalue weighted by Gasteiger charge is -2.05. The van der Waals surface area contributed by atoms with E-state index in [0.29, 0.717) is 35.9 Å². The van der Waals surface area contributed by atoms with Crippen molar-refractivity contribution in [3.63, 3.8) is 0 Å². The first-order valence-electron chi connectivity index (χ1n) is 8.94. The highest BCUT2D eigenvalue weighted by Crippen LogP contribution is 2.32. The van der Waals surface area contributed by atoms with Gasteiger partial charge in [0.15, 0.2) is 17.3 Å². The third kappa shape index (κ3) is 3.40. The van der Waals surface area contributed by atoms with E-state index in [1.54, 1.807) is 34.8 Å². The summed E-state index contributed by atoms with van der Waals surface area (Å²) in [5, 5.41) is 9.39. The molecule has 0 unspecified atom stereocenters. The van der Waals surface area contributed by atoms with Gasteiger partial charge >= 0.3 is 0 Å². The molecule has 5 rings (SSSR count). The van der Waals surface area contributed by atoms with Gasteiger partial charge in [0.2, 0.25) is 11.8 Å². The van der Waals surface area contributed by atoms with Crippen LogP contribution in [0.4, 0.5) is 4.39 Å². The Morgan fingerprint density at radius 2 is 2.00 bits per heavy atom. The van der Waals surface area contributed by atoms with Crippen molar-refractivity contribution in [3.8, 4) is 22.9 Å². The molecule has 9 heteroatoms. The van der Waals surface area contributed by atoms with Crippen molar-refractivity contribution in [2.75, 3.05) is 13.3 Å². The minimum atomic E-state index is -0.298. The lowest BCUT2D eigenvalue weighted by Crippen LogP contribution is -2.26. The molecule has 1 aliphatic heterocycles. The lowest BCUT2D eigenvalue weighted by atomic mass is 10.2. The van der Waals surface area contributed by atoms with Crippen molar-refractivity contribution in [1.29, 1.82) is 0 Å². The first-order valence-corrected chi connectivity index (χ1v) is 9.82. The van der Waals surface area contributed by atoms with E-state index in [0.717, 1.165) is 16.2 Å². The third-order valence-corrected chi connectivity index (χ3v) is 5.42. The van der Waals surface area contributed by atoms with Crippen LogP contribution in [0, 0.1) is 5.82 Å². The summed E-state index contributed by atoms with van der Waals surface area (Å²) in [6, 6.07) is 11.2. The Balaban J connectivity index is 1.26. The summed E-state index contributed by atoms with van der Waals surface area (Å²) < 4.78 is 25.4. The Morgan fingerprint density at radius 1 is 1.17 bits per heavy atom. The number of nitrogens with zero attached hydrogens (tertiary/aromatic N) is 3. The van der Waals surface area contributed by atoms with Gasteiger partial charge in [-0.3, -0.25) is 4.79 Å². The molecule has 2 aromatic carbocycles. The average molecular weight is 410 g/mol. The number of fused-ring (bicyclic) bond motifs is 2. The molecule has 2 aromatic heterocycles. The molecule has 0 fully saturated rings. The van der Waals surface area contributed by atoms with Gasteiger partial charge in [-0.15, -0.1) is 16.4 Å². The number of hydrogen-bond acceptors (Lipinski definition) is 6. The molecular weight excluding hydrogens is 395 g/mol. The molecule has 0 saturated carbocycles. The van der Waals surface area contributed by atoms with Gasteiger partial charge in [-0.25, -0.2) is 8.91 Å². The quantitative estimate of drug-likeness (QED) is 0.546. The fourth-order valence-corrected chi connectivity index (χ4v) is 3.92. The minimum absolute atomic E-state index is 0.173. The molecule has 0 radical (unpaired) electrons. The summed E-state index contributed by atoms with van der Waals surface area (Å²) in [6.07, 6.45) is 0.600. The minimum Gasteiger partial charge on any atom is -0.454 e. The van der Waals surface area contributed by atoms with Crippen LogP contribution in [-0.2, 0) is 6.42 Å². The summed E-state index contributed by atoms with van der Waals surface area (Å²) in [5.41, 5.74) is 2.21. The normalized spacial score (nSPS) is 12.4. The zero-order valence-corrected chi connectivity index (χ0v) is 15.9. The molecule has 7 nitrogen and oxygen atoms in total. The number of ether oxygens (including phenoxy) is 2. The van der Waals surface area contributed by atoms with Crippen LogP contribution in [0.25, 0.3) is 16.3 Å². The molecule has 0 saturated heterocycles. The summed E-state index contributed by atoms with van der Waals surface area (Å²) in [5.74, 6) is 1.29. The third-order valence-electron chi connectivity index (χ3n) is 4.55. The Hall–Kier alpha value is -3.46. The number of carbonyl (C=O) groups is 1. The number of halogens is 1. The largest absolute Gasteiger partial charge is 0.454 e. The monoisotopic (exact) mass is 410 g/mol. The molecule has 1 N–H and O–H groups in total. The van der Waals surface area contributed by atoms with Crippen LogP contribution >= 0.6 is 11.3 Å². The van der Waals surface area contributed by atoms with Gasteiger partial charge in [-0.2, -0.15) is 4.98 Å². The Morgan fingerprint density at radius 3 is 2.86 bits per heavy atom. The molecule has 3 heterocycles. The predicted octanol–water partition coefficient (Wildman–Crippen LogP) is 3.30. The average Bonchev–Trinajstić information content (AvgIpc) is 3.44. The van der Waals surface area contributed by atoms with Gasteiger partial charge in [0.25, 0.3) is 5.91 Å². The number of hydrogen-bond donors (Lipinski definition) is 1. The van der Waals surface area contributed by atoms with E-state index in [2.05, 4.69) is 15.4 Å². The van der Waals surface area contributed by atoms with Gasteiger partial charge in [0.1, 0.15) is 5.82 Å². The number of thiazole rings is 1. The molecule has 146 valence electrons. The van der Waals surface area contributed by atoms with E-state index >= 15 is 0 Å². The predicted molar refractivity (Wildman–Crippen MR) is 105 cm³/mol. The molecule has 1 aliphatic rings. The van der Waals surface area contributed by atoms with E-state index in [4.69, 9.17) is 9.47 Å². The van der Waals surface area contributed by atoms with Gasteiger partial charge in [0.05, 0.1) is 5.69 Å². The van der Waals surface area contributed by atoms with E-state index in [-0.39, 0.29) is 18.5 Å². The molecule has 0 atom stereocenters. The first-order chi connectivity index (χ1) is 14.2. The molecular formula is C20H15FN4O3S. The van der Waals surface area contributed by atoms with E-state index < -0.39 is 0 Å². The SMILES string of the molecule is O=C(NCCc1csc2nc(-c3ccc(F)cc3)nn12)c1ccc2c(c1)OCO2. The lowest BCUT2D eigenvalue weighted by molar-refractivity contribution is 0.0953. The first kappa shape index (κ1) is 17.6. The van der Waals surface area contributed by atoms with Crippen LogP contribution in [0.1, 0.15) is 16.1 Å². The van der Waals surface area contributed by atoms with Crippen molar-refractivity contribution in [2.24, 2.45) is 0 Å².